The SMILES string of the molecule is NC1CCCN(C2CCOCC2)c2ccccc21. The standard InChI is InChI=1S/C15H22N2O/c16-14-5-3-9-17(12-7-10-18-11-8-12)15-6-2-1-4-13(14)15/h1-2,4,6,12,14H,3,5,7-11,16H2. The molecule has 0 aliphatic carbocycles. The van der Waals surface area contributed by atoms with E-state index in [0.717, 1.165) is 39.0 Å². The average Bonchev–Trinajstić information content (AvgIpc) is 2.60. The molecule has 0 radical (unpaired) electrons. The van der Waals surface area contributed by atoms with Crippen LogP contribution in [0, 0.1) is 0 Å². The Bertz CT molecular complexity index is 401. The minimum absolute atomic E-state index is 0.200. The van der Waals surface area contributed by atoms with Crippen molar-refractivity contribution in [3.63, 3.8) is 0 Å². The van der Waals surface area contributed by atoms with Gasteiger partial charge in [-0.1, -0.05) is 18.2 Å². The molecule has 3 rings (SSSR count). The lowest BCUT2D eigenvalue weighted by Crippen LogP contribution is -2.40. The topological polar surface area (TPSA) is 38.5 Å². The fourth-order valence-corrected chi connectivity index (χ4v) is 3.20. The minimum atomic E-state index is 0.200. The van der Waals surface area contributed by atoms with Gasteiger partial charge in [0.1, 0.15) is 0 Å². The Balaban J connectivity index is 1.91. The average molecular weight is 246 g/mol. The fourth-order valence-electron chi connectivity index (χ4n) is 3.20. The van der Waals surface area contributed by atoms with Crippen molar-refractivity contribution in [2.24, 2.45) is 5.73 Å². The van der Waals surface area contributed by atoms with Crippen molar-refractivity contribution in [2.75, 3.05) is 24.7 Å². The molecule has 1 atom stereocenters. The summed E-state index contributed by atoms with van der Waals surface area (Å²) in [5, 5.41) is 0. The van der Waals surface area contributed by atoms with Crippen LogP contribution in [0.5, 0.6) is 0 Å². The first-order chi connectivity index (χ1) is 8.86. The van der Waals surface area contributed by atoms with Crippen LogP contribution in [-0.4, -0.2) is 25.8 Å². The first-order valence-electron chi connectivity index (χ1n) is 7.05. The van der Waals surface area contributed by atoms with Crippen molar-refractivity contribution in [3.05, 3.63) is 29.8 Å². The van der Waals surface area contributed by atoms with E-state index in [9.17, 15) is 0 Å². The Morgan fingerprint density at radius 1 is 1.11 bits per heavy atom. The summed E-state index contributed by atoms with van der Waals surface area (Å²) in [7, 11) is 0. The third kappa shape index (κ3) is 2.25. The third-order valence-electron chi connectivity index (χ3n) is 4.19. The van der Waals surface area contributed by atoms with Gasteiger partial charge in [0.2, 0.25) is 0 Å². The molecule has 1 aromatic rings. The Labute approximate surface area is 109 Å². The summed E-state index contributed by atoms with van der Waals surface area (Å²) in [4.78, 5) is 2.57. The Hall–Kier alpha value is -1.06. The van der Waals surface area contributed by atoms with Crippen LogP contribution >= 0.6 is 0 Å². The molecule has 98 valence electrons. The van der Waals surface area contributed by atoms with E-state index in [2.05, 4.69) is 29.2 Å². The van der Waals surface area contributed by atoms with E-state index in [1.807, 2.05) is 0 Å². The van der Waals surface area contributed by atoms with Gasteiger partial charge in [0.25, 0.3) is 0 Å². The Morgan fingerprint density at radius 3 is 2.72 bits per heavy atom. The maximum absolute atomic E-state index is 6.29. The molecular weight excluding hydrogens is 224 g/mol. The summed E-state index contributed by atoms with van der Waals surface area (Å²) >= 11 is 0. The minimum Gasteiger partial charge on any atom is -0.381 e. The molecule has 0 aromatic heterocycles. The van der Waals surface area contributed by atoms with Crippen LogP contribution in [0.4, 0.5) is 5.69 Å². The zero-order valence-corrected chi connectivity index (χ0v) is 10.8. The molecule has 2 aliphatic heterocycles. The number of para-hydroxylation sites is 1. The van der Waals surface area contributed by atoms with E-state index in [1.54, 1.807) is 0 Å². The second-order valence-electron chi connectivity index (χ2n) is 5.34. The van der Waals surface area contributed by atoms with Crippen LogP contribution in [-0.2, 0) is 4.74 Å². The summed E-state index contributed by atoms with van der Waals surface area (Å²) in [6.07, 6.45) is 4.57. The highest BCUT2D eigenvalue weighted by Crippen LogP contribution is 2.34. The summed E-state index contributed by atoms with van der Waals surface area (Å²) < 4.78 is 5.48. The predicted molar refractivity (Wildman–Crippen MR) is 73.8 cm³/mol. The molecule has 1 aromatic carbocycles. The smallest absolute Gasteiger partial charge is 0.0485 e. The lowest BCUT2D eigenvalue weighted by atomic mass is 10.0. The maximum atomic E-state index is 6.29. The summed E-state index contributed by atoms with van der Waals surface area (Å²) in [5.41, 5.74) is 8.96. The van der Waals surface area contributed by atoms with Crippen LogP contribution in [0.3, 0.4) is 0 Å². The molecule has 0 bridgehead atoms. The second-order valence-corrected chi connectivity index (χ2v) is 5.34. The molecular formula is C15H22N2O. The van der Waals surface area contributed by atoms with Gasteiger partial charge in [0.05, 0.1) is 0 Å². The highest BCUT2D eigenvalue weighted by molar-refractivity contribution is 5.56. The van der Waals surface area contributed by atoms with Crippen molar-refractivity contribution < 1.29 is 4.74 Å². The zero-order chi connectivity index (χ0) is 12.4. The Kier molecular flexibility index (Phi) is 3.52. The summed E-state index contributed by atoms with van der Waals surface area (Å²) in [6.45, 7) is 2.93. The van der Waals surface area contributed by atoms with Gasteiger partial charge in [0.15, 0.2) is 0 Å². The first-order valence-corrected chi connectivity index (χ1v) is 7.05. The molecule has 3 nitrogen and oxygen atoms in total. The number of anilines is 1. The van der Waals surface area contributed by atoms with Crippen LogP contribution < -0.4 is 10.6 Å². The van der Waals surface area contributed by atoms with Crippen LogP contribution in [0.1, 0.15) is 37.3 Å². The second kappa shape index (κ2) is 5.29. The quantitative estimate of drug-likeness (QED) is 0.827. The number of fused-ring (bicyclic) bond motifs is 1. The monoisotopic (exact) mass is 246 g/mol. The van der Waals surface area contributed by atoms with Crippen molar-refractivity contribution in [1.82, 2.24) is 0 Å². The van der Waals surface area contributed by atoms with Gasteiger partial charge in [-0.15, -0.1) is 0 Å². The maximum Gasteiger partial charge on any atom is 0.0485 e. The lowest BCUT2D eigenvalue weighted by Gasteiger charge is -2.36. The fraction of sp³-hybridized carbons (Fsp3) is 0.600. The van der Waals surface area contributed by atoms with E-state index in [0.29, 0.717) is 6.04 Å². The van der Waals surface area contributed by atoms with Crippen LogP contribution in [0.25, 0.3) is 0 Å². The van der Waals surface area contributed by atoms with Gasteiger partial charge >= 0.3 is 0 Å². The third-order valence-corrected chi connectivity index (χ3v) is 4.19. The molecule has 2 aliphatic rings. The molecule has 1 unspecified atom stereocenters. The van der Waals surface area contributed by atoms with E-state index in [4.69, 9.17) is 10.5 Å². The number of rotatable bonds is 1. The zero-order valence-electron chi connectivity index (χ0n) is 10.8. The van der Waals surface area contributed by atoms with E-state index >= 15 is 0 Å². The molecule has 0 amide bonds. The summed E-state index contributed by atoms with van der Waals surface area (Å²) in [5.74, 6) is 0. The molecule has 0 saturated carbocycles. The van der Waals surface area contributed by atoms with Crippen LogP contribution in [0.2, 0.25) is 0 Å². The number of ether oxygens (including phenoxy) is 1. The van der Waals surface area contributed by atoms with E-state index < -0.39 is 0 Å². The molecule has 3 heteroatoms. The number of hydrogen-bond acceptors (Lipinski definition) is 3. The van der Waals surface area contributed by atoms with Gasteiger partial charge < -0.3 is 15.4 Å². The summed E-state index contributed by atoms with van der Waals surface area (Å²) in [6, 6.07) is 9.49. The van der Waals surface area contributed by atoms with Gasteiger partial charge in [-0.2, -0.15) is 0 Å². The number of benzene rings is 1. The largest absolute Gasteiger partial charge is 0.381 e. The number of nitrogens with zero attached hydrogens (tertiary/aromatic N) is 1. The van der Waals surface area contributed by atoms with E-state index in [1.165, 1.54) is 17.7 Å². The number of hydrogen-bond donors (Lipinski definition) is 1. The normalized spacial score (nSPS) is 25.6. The van der Waals surface area contributed by atoms with Gasteiger partial charge in [-0.3, -0.25) is 0 Å². The lowest BCUT2D eigenvalue weighted by molar-refractivity contribution is 0.0844. The van der Waals surface area contributed by atoms with Crippen molar-refractivity contribution in [1.29, 1.82) is 0 Å². The van der Waals surface area contributed by atoms with Gasteiger partial charge in [-0.25, -0.2) is 0 Å². The molecule has 2 heterocycles. The van der Waals surface area contributed by atoms with Gasteiger partial charge in [-0.05, 0) is 37.3 Å². The predicted octanol–water partition coefficient (Wildman–Crippen LogP) is 2.47. The number of nitrogens with two attached hydrogens (primary N) is 1. The van der Waals surface area contributed by atoms with Gasteiger partial charge in [0, 0.05) is 37.5 Å². The van der Waals surface area contributed by atoms with Crippen LogP contribution in [0.15, 0.2) is 24.3 Å². The first kappa shape index (κ1) is 12.0. The molecule has 1 fully saturated rings. The molecule has 18 heavy (non-hydrogen) atoms. The molecule has 2 N–H and O–H groups in total. The van der Waals surface area contributed by atoms with Crippen molar-refractivity contribution in [3.8, 4) is 0 Å². The van der Waals surface area contributed by atoms with Crippen molar-refractivity contribution >= 4 is 5.69 Å². The highest BCUT2D eigenvalue weighted by atomic mass is 16.5. The van der Waals surface area contributed by atoms with E-state index in [-0.39, 0.29) is 6.04 Å². The molecule has 1 saturated heterocycles. The van der Waals surface area contributed by atoms with Crippen molar-refractivity contribution in [2.45, 2.75) is 37.8 Å². The highest BCUT2D eigenvalue weighted by Gasteiger charge is 2.26. The Morgan fingerprint density at radius 2 is 1.89 bits per heavy atom. The molecule has 0 spiro atoms.